The summed E-state index contributed by atoms with van der Waals surface area (Å²) in [5.41, 5.74) is 0.942. The second-order valence-corrected chi connectivity index (χ2v) is 6.91. The molecule has 2 heterocycles. The third-order valence-corrected chi connectivity index (χ3v) is 5.47. The van der Waals surface area contributed by atoms with Gasteiger partial charge < -0.3 is 10.0 Å². The van der Waals surface area contributed by atoms with E-state index in [1.807, 2.05) is 19.0 Å². The Morgan fingerprint density at radius 3 is 2.74 bits per heavy atom. The average Bonchev–Trinajstić information content (AvgIpc) is 2.95. The van der Waals surface area contributed by atoms with E-state index in [4.69, 9.17) is 0 Å². The van der Waals surface area contributed by atoms with Crippen LogP contribution in [0.15, 0.2) is 5.03 Å². The van der Waals surface area contributed by atoms with Gasteiger partial charge in [-0.2, -0.15) is 9.40 Å². The SMILES string of the molecule is Cc1[nH]nc(S(=O)(=O)N2CCC(N(C)C)C2)c1CO. The molecule has 2 rings (SSSR count). The van der Waals surface area contributed by atoms with E-state index >= 15 is 0 Å². The number of hydrogen-bond acceptors (Lipinski definition) is 5. The lowest BCUT2D eigenvalue weighted by Crippen LogP contribution is -2.35. The highest BCUT2D eigenvalue weighted by molar-refractivity contribution is 7.89. The van der Waals surface area contributed by atoms with Gasteiger partial charge in [-0.25, -0.2) is 8.42 Å². The molecule has 1 fully saturated rings. The van der Waals surface area contributed by atoms with Crippen molar-refractivity contribution in [2.24, 2.45) is 0 Å². The van der Waals surface area contributed by atoms with Crippen molar-refractivity contribution in [3.05, 3.63) is 11.3 Å². The summed E-state index contributed by atoms with van der Waals surface area (Å²) in [7, 11) is 0.263. The van der Waals surface area contributed by atoms with Gasteiger partial charge in [-0.05, 0) is 27.4 Å². The third-order valence-electron chi connectivity index (χ3n) is 3.63. The number of aliphatic hydroxyl groups excluding tert-OH is 1. The van der Waals surface area contributed by atoms with Crippen LogP contribution in [0.25, 0.3) is 0 Å². The van der Waals surface area contributed by atoms with Crippen molar-refractivity contribution < 1.29 is 13.5 Å². The van der Waals surface area contributed by atoms with Gasteiger partial charge in [0, 0.05) is 30.4 Å². The minimum atomic E-state index is -3.62. The Morgan fingerprint density at radius 1 is 1.53 bits per heavy atom. The minimum absolute atomic E-state index is 0.0492. The fraction of sp³-hybridized carbons (Fsp3) is 0.727. The molecule has 19 heavy (non-hydrogen) atoms. The number of likely N-dealkylation sites (N-methyl/N-ethyl adjacent to an activating group) is 1. The highest BCUT2D eigenvalue weighted by atomic mass is 32.2. The Kier molecular flexibility index (Phi) is 3.95. The van der Waals surface area contributed by atoms with E-state index < -0.39 is 10.0 Å². The molecule has 0 saturated carbocycles. The summed E-state index contributed by atoms with van der Waals surface area (Å²) >= 11 is 0. The Bertz CT molecular complexity index is 552. The molecular formula is C11H20N4O3S. The highest BCUT2D eigenvalue weighted by Gasteiger charge is 2.36. The predicted octanol–water partition coefficient (Wildman–Crippen LogP) is -0.465. The molecule has 1 saturated heterocycles. The van der Waals surface area contributed by atoms with Gasteiger partial charge in [0.15, 0.2) is 5.03 Å². The van der Waals surface area contributed by atoms with Crippen molar-refractivity contribution in [1.82, 2.24) is 19.4 Å². The molecule has 1 aliphatic rings. The van der Waals surface area contributed by atoms with Crippen molar-refractivity contribution in [3.63, 3.8) is 0 Å². The summed E-state index contributed by atoms with van der Waals surface area (Å²) in [6.07, 6.45) is 0.810. The Morgan fingerprint density at radius 2 is 2.21 bits per heavy atom. The quantitative estimate of drug-likeness (QED) is 0.782. The van der Waals surface area contributed by atoms with Crippen molar-refractivity contribution in [2.45, 2.75) is 31.0 Å². The second-order valence-electron chi connectivity index (χ2n) is 5.06. The molecule has 0 radical (unpaired) electrons. The molecule has 7 nitrogen and oxygen atoms in total. The summed E-state index contributed by atoms with van der Waals surface area (Å²) in [6, 6.07) is 0.229. The fourth-order valence-corrected chi connectivity index (χ4v) is 3.95. The molecule has 1 unspecified atom stereocenters. The van der Waals surface area contributed by atoms with Gasteiger partial charge in [0.2, 0.25) is 0 Å². The lowest BCUT2D eigenvalue weighted by molar-refractivity contribution is 0.277. The van der Waals surface area contributed by atoms with Gasteiger partial charge in [-0.1, -0.05) is 0 Å². The summed E-state index contributed by atoms with van der Waals surface area (Å²) in [6.45, 7) is 2.32. The van der Waals surface area contributed by atoms with Crippen LogP contribution in [0.5, 0.6) is 0 Å². The molecule has 0 aliphatic carbocycles. The third kappa shape index (κ3) is 2.53. The van der Waals surface area contributed by atoms with Crippen LogP contribution < -0.4 is 0 Å². The molecule has 0 aromatic carbocycles. The van der Waals surface area contributed by atoms with Crippen molar-refractivity contribution in [1.29, 1.82) is 0 Å². The molecule has 0 bridgehead atoms. The molecular weight excluding hydrogens is 268 g/mol. The van der Waals surface area contributed by atoms with Gasteiger partial charge in [0.1, 0.15) is 0 Å². The van der Waals surface area contributed by atoms with Crippen LogP contribution in [0.3, 0.4) is 0 Å². The molecule has 8 heteroatoms. The first-order valence-electron chi connectivity index (χ1n) is 6.19. The summed E-state index contributed by atoms with van der Waals surface area (Å²) in [5, 5.41) is 15.7. The van der Waals surface area contributed by atoms with E-state index in [-0.39, 0.29) is 17.7 Å². The number of aryl methyl sites for hydroxylation is 1. The number of sulfonamides is 1. The Labute approximate surface area is 113 Å². The average molecular weight is 288 g/mol. The predicted molar refractivity (Wildman–Crippen MR) is 70.1 cm³/mol. The van der Waals surface area contributed by atoms with Crippen LogP contribution in [-0.2, 0) is 16.6 Å². The van der Waals surface area contributed by atoms with Crippen molar-refractivity contribution in [3.8, 4) is 0 Å². The molecule has 1 aromatic rings. The van der Waals surface area contributed by atoms with Gasteiger partial charge in [0.25, 0.3) is 10.0 Å². The van der Waals surface area contributed by atoms with E-state index in [1.165, 1.54) is 4.31 Å². The molecule has 1 atom stereocenters. The number of hydrogen-bond donors (Lipinski definition) is 2. The second kappa shape index (κ2) is 5.20. The van der Waals surface area contributed by atoms with E-state index in [0.29, 0.717) is 24.3 Å². The van der Waals surface area contributed by atoms with Gasteiger partial charge in [0.05, 0.1) is 6.61 Å². The monoisotopic (exact) mass is 288 g/mol. The van der Waals surface area contributed by atoms with Crippen LogP contribution in [-0.4, -0.2) is 66.2 Å². The largest absolute Gasteiger partial charge is 0.392 e. The molecule has 2 N–H and O–H groups in total. The van der Waals surface area contributed by atoms with Crippen LogP contribution in [0.1, 0.15) is 17.7 Å². The zero-order valence-corrected chi connectivity index (χ0v) is 12.2. The number of aromatic amines is 1. The minimum Gasteiger partial charge on any atom is -0.392 e. The molecule has 0 spiro atoms. The zero-order chi connectivity index (χ0) is 14.2. The number of rotatable bonds is 4. The fourth-order valence-electron chi connectivity index (χ4n) is 2.30. The zero-order valence-electron chi connectivity index (χ0n) is 11.4. The maximum Gasteiger partial charge on any atom is 0.262 e. The first kappa shape index (κ1) is 14.4. The van der Waals surface area contributed by atoms with E-state index in [1.54, 1.807) is 6.92 Å². The van der Waals surface area contributed by atoms with Crippen molar-refractivity contribution >= 4 is 10.0 Å². The van der Waals surface area contributed by atoms with Gasteiger partial charge in [-0.3, -0.25) is 5.10 Å². The van der Waals surface area contributed by atoms with Crippen molar-refractivity contribution in [2.75, 3.05) is 27.2 Å². The lowest BCUT2D eigenvalue weighted by atomic mass is 10.2. The van der Waals surface area contributed by atoms with Crippen LogP contribution in [0, 0.1) is 6.92 Å². The van der Waals surface area contributed by atoms with E-state index in [0.717, 1.165) is 6.42 Å². The van der Waals surface area contributed by atoms with Crippen LogP contribution in [0.2, 0.25) is 0 Å². The summed E-state index contributed by atoms with van der Waals surface area (Å²) in [5.74, 6) is 0. The smallest absolute Gasteiger partial charge is 0.262 e. The highest BCUT2D eigenvalue weighted by Crippen LogP contribution is 2.25. The maximum absolute atomic E-state index is 12.5. The topological polar surface area (TPSA) is 89.5 Å². The number of aliphatic hydroxyl groups is 1. The first-order chi connectivity index (χ1) is 8.87. The standard InChI is InChI=1S/C11H20N4O3S/c1-8-10(7-16)11(13-12-8)19(17,18)15-5-4-9(6-15)14(2)3/h9,16H,4-7H2,1-3H3,(H,12,13). The maximum atomic E-state index is 12.5. The van der Waals surface area contributed by atoms with Gasteiger partial charge in [-0.15, -0.1) is 0 Å². The van der Waals surface area contributed by atoms with E-state index in [2.05, 4.69) is 10.2 Å². The number of nitrogens with zero attached hydrogens (tertiary/aromatic N) is 3. The Balaban J connectivity index is 2.29. The Hall–Kier alpha value is -0.960. The summed E-state index contributed by atoms with van der Waals surface area (Å²) in [4.78, 5) is 2.03. The lowest BCUT2D eigenvalue weighted by Gasteiger charge is -2.19. The van der Waals surface area contributed by atoms with Crippen LogP contribution in [0.4, 0.5) is 0 Å². The molecule has 1 aliphatic heterocycles. The number of H-pyrrole nitrogens is 1. The first-order valence-corrected chi connectivity index (χ1v) is 7.63. The number of nitrogens with one attached hydrogen (secondary N) is 1. The molecule has 1 aromatic heterocycles. The molecule has 0 amide bonds. The summed E-state index contributed by atoms with van der Waals surface area (Å²) < 4.78 is 26.5. The van der Waals surface area contributed by atoms with Gasteiger partial charge >= 0.3 is 0 Å². The normalized spacial score (nSPS) is 21.4. The number of aromatic nitrogens is 2. The van der Waals surface area contributed by atoms with E-state index in [9.17, 15) is 13.5 Å². The van der Waals surface area contributed by atoms with Crippen LogP contribution >= 0.6 is 0 Å². The molecule has 108 valence electrons.